The van der Waals surface area contributed by atoms with E-state index in [-0.39, 0.29) is 0 Å². The van der Waals surface area contributed by atoms with Gasteiger partial charge in [-0.05, 0) is 30.0 Å². The molecule has 0 atom stereocenters. The second-order valence-corrected chi connectivity index (χ2v) is 7.35. The van der Waals surface area contributed by atoms with Crippen molar-refractivity contribution < 1.29 is 9.53 Å². The van der Waals surface area contributed by atoms with Crippen molar-refractivity contribution >= 4 is 46.5 Å². The van der Waals surface area contributed by atoms with Gasteiger partial charge in [0.05, 0.1) is 12.0 Å². The summed E-state index contributed by atoms with van der Waals surface area (Å²) in [6, 6.07) is 11.5. The number of nitrogens with one attached hydrogen (secondary N) is 1. The van der Waals surface area contributed by atoms with E-state index in [1.165, 1.54) is 12.0 Å². The first-order chi connectivity index (χ1) is 11.1. The lowest BCUT2D eigenvalue weighted by molar-refractivity contribution is 0.171. The molecule has 0 saturated heterocycles. The fraction of sp³-hybridized carbons (Fsp3) is 0.250. The van der Waals surface area contributed by atoms with Crippen molar-refractivity contribution in [3.05, 3.63) is 56.7 Å². The first-order valence-corrected chi connectivity index (χ1v) is 9.33. The quantitative estimate of drug-likeness (QED) is 0.590. The molecule has 0 saturated carbocycles. The number of nitrogens with zero attached hydrogens (tertiary/aromatic N) is 1. The topological polar surface area (TPSA) is 50.7 Å². The predicted octanol–water partition coefficient (Wildman–Crippen LogP) is 4.76. The summed E-state index contributed by atoms with van der Waals surface area (Å²) in [5.74, 6) is 2.05. The zero-order chi connectivity index (χ0) is 16.7. The Morgan fingerprint density at radius 1 is 1.30 bits per heavy atom. The number of ether oxygens (including phenoxy) is 1. The second kappa shape index (κ2) is 8.96. The number of carbonyl (C=O) groups excluding carboxylic acids is 1. The minimum atomic E-state index is -0.602. The van der Waals surface area contributed by atoms with Crippen molar-refractivity contribution in [2.75, 3.05) is 12.9 Å². The molecule has 0 fully saturated rings. The van der Waals surface area contributed by atoms with E-state index >= 15 is 0 Å². The van der Waals surface area contributed by atoms with Gasteiger partial charge in [0.1, 0.15) is 5.71 Å². The van der Waals surface area contributed by atoms with Gasteiger partial charge in [-0.3, -0.25) is 0 Å². The van der Waals surface area contributed by atoms with Crippen LogP contribution in [0.2, 0.25) is 5.02 Å². The highest BCUT2D eigenvalue weighted by molar-refractivity contribution is 7.98. The third kappa shape index (κ3) is 5.27. The Morgan fingerprint density at radius 2 is 2.04 bits per heavy atom. The van der Waals surface area contributed by atoms with Crippen LogP contribution in [0.15, 0.2) is 41.5 Å². The van der Waals surface area contributed by atoms with Crippen LogP contribution in [-0.2, 0) is 10.5 Å². The van der Waals surface area contributed by atoms with E-state index in [9.17, 15) is 4.79 Å². The highest BCUT2D eigenvalue weighted by Gasteiger charge is 2.12. The van der Waals surface area contributed by atoms with E-state index in [0.717, 1.165) is 21.9 Å². The molecule has 1 amide bonds. The van der Waals surface area contributed by atoms with Gasteiger partial charge >= 0.3 is 6.09 Å². The van der Waals surface area contributed by atoms with Crippen molar-refractivity contribution in [3.8, 4) is 0 Å². The maximum Gasteiger partial charge on any atom is 0.427 e. The molecule has 0 radical (unpaired) electrons. The Hall–Kier alpha value is -1.50. The van der Waals surface area contributed by atoms with Crippen molar-refractivity contribution in [1.82, 2.24) is 5.43 Å². The number of carbonyl (C=O) groups is 1. The number of rotatable bonds is 6. The van der Waals surface area contributed by atoms with Crippen molar-refractivity contribution in [1.29, 1.82) is 0 Å². The van der Waals surface area contributed by atoms with Gasteiger partial charge in [-0.25, -0.2) is 10.2 Å². The first-order valence-electron chi connectivity index (χ1n) is 6.98. The van der Waals surface area contributed by atoms with E-state index in [1.54, 1.807) is 23.5 Å². The SMILES string of the molecule is CCSCc1ccc(C(=NNC(=O)OC)c2ccc(Cl)cc2)s1. The molecular formula is C16H17ClN2O2S2. The number of hydrogen-bond donors (Lipinski definition) is 1. The summed E-state index contributed by atoms with van der Waals surface area (Å²) >= 11 is 9.48. The maximum atomic E-state index is 11.3. The van der Waals surface area contributed by atoms with Crippen LogP contribution in [0, 0.1) is 0 Å². The molecule has 1 aromatic heterocycles. The number of halogens is 1. The number of amides is 1. The van der Waals surface area contributed by atoms with E-state index in [0.29, 0.717) is 10.7 Å². The first kappa shape index (κ1) is 17.8. The summed E-state index contributed by atoms with van der Waals surface area (Å²) in [7, 11) is 1.30. The van der Waals surface area contributed by atoms with Crippen LogP contribution in [0.3, 0.4) is 0 Å². The van der Waals surface area contributed by atoms with Gasteiger partial charge in [0.25, 0.3) is 0 Å². The van der Waals surface area contributed by atoms with E-state index < -0.39 is 6.09 Å². The monoisotopic (exact) mass is 368 g/mol. The number of thiophene rings is 1. The largest absolute Gasteiger partial charge is 0.452 e. The molecule has 4 nitrogen and oxygen atoms in total. The molecule has 0 bridgehead atoms. The molecule has 1 aromatic carbocycles. The van der Waals surface area contributed by atoms with Gasteiger partial charge in [0.2, 0.25) is 0 Å². The summed E-state index contributed by atoms with van der Waals surface area (Å²) < 4.78 is 4.57. The molecule has 2 rings (SSSR count). The molecule has 23 heavy (non-hydrogen) atoms. The maximum absolute atomic E-state index is 11.3. The number of hydrogen-bond acceptors (Lipinski definition) is 5. The second-order valence-electron chi connectivity index (χ2n) is 4.47. The zero-order valence-corrected chi connectivity index (χ0v) is 15.2. The van der Waals surface area contributed by atoms with Crippen molar-refractivity contribution in [3.63, 3.8) is 0 Å². The Morgan fingerprint density at radius 3 is 2.70 bits per heavy atom. The van der Waals surface area contributed by atoms with Crippen LogP contribution in [0.4, 0.5) is 4.79 Å². The van der Waals surface area contributed by atoms with Gasteiger partial charge in [-0.15, -0.1) is 11.3 Å². The van der Waals surface area contributed by atoms with Crippen LogP contribution in [0.5, 0.6) is 0 Å². The number of benzene rings is 1. The van der Waals surface area contributed by atoms with E-state index in [1.807, 2.05) is 30.0 Å². The van der Waals surface area contributed by atoms with Crippen molar-refractivity contribution in [2.24, 2.45) is 5.10 Å². The smallest absolute Gasteiger partial charge is 0.427 e. The Labute approximate surface area is 148 Å². The molecule has 0 spiro atoms. The molecule has 0 aliphatic heterocycles. The van der Waals surface area contributed by atoms with E-state index in [4.69, 9.17) is 11.6 Å². The number of methoxy groups -OCH3 is 1. The fourth-order valence-electron chi connectivity index (χ4n) is 1.80. The molecule has 7 heteroatoms. The van der Waals surface area contributed by atoms with Gasteiger partial charge in [0, 0.05) is 21.2 Å². The van der Waals surface area contributed by atoms with Crippen LogP contribution >= 0.6 is 34.7 Å². The van der Waals surface area contributed by atoms with Crippen LogP contribution < -0.4 is 5.43 Å². The third-order valence-electron chi connectivity index (χ3n) is 2.91. The Kier molecular flexibility index (Phi) is 6.95. The predicted molar refractivity (Wildman–Crippen MR) is 98.8 cm³/mol. The summed E-state index contributed by atoms with van der Waals surface area (Å²) in [6.45, 7) is 2.14. The van der Waals surface area contributed by atoms with Gasteiger partial charge in [-0.2, -0.15) is 16.9 Å². The Bertz CT molecular complexity index is 684. The minimum Gasteiger partial charge on any atom is -0.452 e. The van der Waals surface area contributed by atoms with E-state index in [2.05, 4.69) is 28.3 Å². The fourth-order valence-corrected chi connectivity index (χ4v) is 3.73. The molecular weight excluding hydrogens is 352 g/mol. The molecule has 122 valence electrons. The lowest BCUT2D eigenvalue weighted by Crippen LogP contribution is -2.19. The average molecular weight is 369 g/mol. The molecule has 0 aliphatic carbocycles. The Balaban J connectivity index is 2.30. The zero-order valence-electron chi connectivity index (χ0n) is 12.8. The van der Waals surface area contributed by atoms with Gasteiger partial charge in [0.15, 0.2) is 0 Å². The molecule has 2 aromatic rings. The molecule has 0 unspecified atom stereocenters. The van der Waals surface area contributed by atoms with Gasteiger partial charge < -0.3 is 4.74 Å². The summed E-state index contributed by atoms with van der Waals surface area (Å²) in [5.41, 5.74) is 3.95. The normalized spacial score (nSPS) is 11.3. The van der Waals surface area contributed by atoms with Crippen molar-refractivity contribution in [2.45, 2.75) is 12.7 Å². The highest BCUT2D eigenvalue weighted by Crippen LogP contribution is 2.24. The lowest BCUT2D eigenvalue weighted by atomic mass is 10.1. The number of hydrazone groups is 1. The van der Waals surface area contributed by atoms with Gasteiger partial charge in [-0.1, -0.05) is 30.7 Å². The lowest BCUT2D eigenvalue weighted by Gasteiger charge is -2.05. The molecule has 0 aliphatic rings. The minimum absolute atomic E-state index is 0.602. The summed E-state index contributed by atoms with van der Waals surface area (Å²) in [4.78, 5) is 13.6. The standard InChI is InChI=1S/C16H17ClN2O2S2/c1-3-22-10-13-8-9-14(23-13)15(18-19-16(20)21-2)11-4-6-12(17)7-5-11/h4-9H,3,10H2,1-2H3,(H,19,20). The third-order valence-corrected chi connectivity index (χ3v) is 5.36. The van der Waals surface area contributed by atoms with Crippen LogP contribution in [0.25, 0.3) is 0 Å². The highest BCUT2D eigenvalue weighted by atomic mass is 35.5. The van der Waals surface area contributed by atoms with Crippen LogP contribution in [0.1, 0.15) is 22.2 Å². The summed E-state index contributed by atoms with van der Waals surface area (Å²) in [6.07, 6.45) is -0.602. The number of thioether (sulfide) groups is 1. The average Bonchev–Trinajstić information content (AvgIpc) is 3.03. The molecule has 1 heterocycles. The molecule has 1 N–H and O–H groups in total. The van der Waals surface area contributed by atoms with Crippen LogP contribution in [-0.4, -0.2) is 24.7 Å². The summed E-state index contributed by atoms with van der Waals surface area (Å²) in [5, 5.41) is 4.86.